The maximum absolute atomic E-state index is 5.19. The Labute approximate surface area is 116 Å². The van der Waals surface area contributed by atoms with E-state index < -0.39 is 21.8 Å². The van der Waals surface area contributed by atoms with Crippen LogP contribution in [0.4, 0.5) is 0 Å². The van der Waals surface area contributed by atoms with Crippen LogP contribution in [0.1, 0.15) is 0 Å². The third kappa shape index (κ3) is 3.03. The average Bonchev–Trinajstić information content (AvgIpc) is 2.47. The first-order valence-corrected chi connectivity index (χ1v) is 12.7. The van der Waals surface area contributed by atoms with E-state index in [0.29, 0.717) is 0 Å². The van der Waals surface area contributed by atoms with Gasteiger partial charge in [0.25, 0.3) is 0 Å². The summed E-state index contributed by atoms with van der Waals surface area (Å²) in [6, 6.07) is 17.0. The zero-order valence-corrected chi connectivity index (χ0v) is 14.4. The van der Waals surface area contributed by atoms with Crippen molar-refractivity contribution in [3.05, 3.63) is 48.5 Å². The summed E-state index contributed by atoms with van der Waals surface area (Å²) in [5.41, 5.74) is 0. The minimum atomic E-state index is -1.77. The van der Waals surface area contributed by atoms with E-state index in [1.807, 2.05) is 24.3 Å². The molecular weight excluding hydrogens is 421 g/mol. The molecule has 0 radical (unpaired) electrons. The zero-order valence-electron chi connectivity index (χ0n) is 10.9. The van der Waals surface area contributed by atoms with E-state index in [9.17, 15) is 0 Å². The number of ether oxygens (including phenoxy) is 2. The van der Waals surface area contributed by atoms with Crippen molar-refractivity contribution in [2.75, 3.05) is 14.2 Å². The summed E-state index contributed by atoms with van der Waals surface area (Å²) in [6.45, 7) is 0. The molecule has 2 nitrogen and oxygen atoms in total. The molecule has 0 aliphatic rings. The van der Waals surface area contributed by atoms with Crippen LogP contribution in [0.15, 0.2) is 48.5 Å². The van der Waals surface area contributed by atoms with Crippen molar-refractivity contribution in [2.24, 2.45) is 0 Å². The Morgan fingerprint density at radius 3 is 1.28 bits per heavy atom. The fourth-order valence-corrected chi connectivity index (χ4v) is 7.56. The van der Waals surface area contributed by atoms with Crippen molar-refractivity contribution < 1.29 is 9.47 Å². The molecule has 0 aliphatic heterocycles. The van der Waals surface area contributed by atoms with E-state index in [1.165, 1.54) is 6.54 Å². The molecule has 0 heterocycles. The first-order chi connectivity index (χ1) is 8.74. The topological polar surface area (TPSA) is 18.5 Å². The molecule has 0 N–H and O–H groups in total. The number of methoxy groups -OCH3 is 2. The van der Waals surface area contributed by atoms with E-state index in [1.54, 1.807) is 14.2 Å². The molecule has 0 aliphatic carbocycles. The molecule has 2 aromatic rings. The molecule has 94 valence electrons. The van der Waals surface area contributed by atoms with Gasteiger partial charge in [0.15, 0.2) is 0 Å². The Morgan fingerprint density at radius 1 is 0.667 bits per heavy atom. The van der Waals surface area contributed by atoms with Crippen LogP contribution in [0.25, 0.3) is 0 Å². The van der Waals surface area contributed by atoms with Crippen LogP contribution in [-0.4, -0.2) is 36.0 Å². The Hall–Kier alpha value is -1.08. The summed E-state index contributed by atoms with van der Waals surface area (Å²) in [7, 11) is 3.40. The number of benzene rings is 2. The summed E-state index contributed by atoms with van der Waals surface area (Å²) in [5.74, 6) is 1.84. The molecule has 0 aromatic heterocycles. The zero-order chi connectivity index (χ0) is 13.0. The second kappa shape index (κ2) is 6.20. The van der Waals surface area contributed by atoms with E-state index in [2.05, 4.69) is 28.9 Å². The average molecular weight is 438 g/mol. The van der Waals surface area contributed by atoms with Crippen LogP contribution in [0.5, 0.6) is 11.5 Å². The van der Waals surface area contributed by atoms with Gasteiger partial charge in [-0.2, -0.15) is 0 Å². The maximum atomic E-state index is 5.19. The summed E-state index contributed by atoms with van der Waals surface area (Å²) >= 11 is -1.77. The molecular formula is C15H17BiO2. The first-order valence-electron chi connectivity index (χ1n) is 5.76. The van der Waals surface area contributed by atoms with Crippen LogP contribution < -0.4 is 16.0 Å². The third-order valence-corrected chi connectivity index (χ3v) is 11.3. The van der Waals surface area contributed by atoms with Gasteiger partial charge < -0.3 is 0 Å². The molecule has 3 heteroatoms. The fraction of sp³-hybridized carbons (Fsp3) is 0.200. The van der Waals surface area contributed by atoms with Gasteiger partial charge in [0.2, 0.25) is 0 Å². The molecule has 18 heavy (non-hydrogen) atoms. The van der Waals surface area contributed by atoms with Crippen LogP contribution >= 0.6 is 0 Å². The van der Waals surface area contributed by atoms with Gasteiger partial charge in [-0.15, -0.1) is 0 Å². The van der Waals surface area contributed by atoms with Gasteiger partial charge in [0.05, 0.1) is 0 Å². The van der Waals surface area contributed by atoms with Crippen LogP contribution in [-0.2, 0) is 0 Å². The predicted octanol–water partition coefficient (Wildman–Crippen LogP) is 1.94. The summed E-state index contributed by atoms with van der Waals surface area (Å²) in [6.07, 6.45) is 0. The van der Waals surface area contributed by atoms with Crippen molar-refractivity contribution in [2.45, 2.75) is 4.63 Å². The van der Waals surface area contributed by atoms with Crippen molar-refractivity contribution in [1.82, 2.24) is 0 Å². The monoisotopic (exact) mass is 438 g/mol. The van der Waals surface area contributed by atoms with E-state index in [0.717, 1.165) is 11.5 Å². The number of rotatable bonds is 4. The summed E-state index contributed by atoms with van der Waals surface area (Å²) in [5, 5.41) is 0. The summed E-state index contributed by atoms with van der Waals surface area (Å²) in [4.78, 5) is 0. The molecule has 0 bridgehead atoms. The standard InChI is InChI=1S/2C7H7O.CH3.Bi/c2*1-8-7-5-3-2-4-6-7;;/h2*3-6H,1H3;1H3;. The number of hydrogen-bond donors (Lipinski definition) is 0. The molecule has 0 fully saturated rings. The molecule has 0 saturated heterocycles. The SMILES string of the molecule is COc1cc[c]([Bi]([CH3])[c]2ccc(OC)cc2)cc1. The fourth-order valence-electron chi connectivity index (χ4n) is 1.76. The molecule has 2 rings (SSSR count). The molecule has 2 aromatic carbocycles. The van der Waals surface area contributed by atoms with Gasteiger partial charge in [-0.25, -0.2) is 0 Å². The molecule has 0 amide bonds. The Kier molecular flexibility index (Phi) is 4.60. The summed E-state index contributed by atoms with van der Waals surface area (Å²) < 4.78 is 15.7. The quantitative estimate of drug-likeness (QED) is 0.680. The van der Waals surface area contributed by atoms with Crippen molar-refractivity contribution >= 4 is 28.3 Å². The Balaban J connectivity index is 2.20. The Morgan fingerprint density at radius 2 is 1.00 bits per heavy atom. The molecule has 0 atom stereocenters. The molecule has 0 saturated carbocycles. The van der Waals surface area contributed by atoms with Crippen molar-refractivity contribution in [3.63, 3.8) is 0 Å². The van der Waals surface area contributed by atoms with Crippen LogP contribution in [0, 0.1) is 0 Å². The minimum absolute atomic E-state index is 0.922. The van der Waals surface area contributed by atoms with Gasteiger partial charge >= 0.3 is 117 Å². The van der Waals surface area contributed by atoms with Crippen LogP contribution in [0.3, 0.4) is 0 Å². The first kappa shape index (κ1) is 13.4. The predicted molar refractivity (Wildman–Crippen MR) is 76.9 cm³/mol. The van der Waals surface area contributed by atoms with E-state index >= 15 is 0 Å². The number of hydrogen-bond acceptors (Lipinski definition) is 2. The van der Waals surface area contributed by atoms with E-state index in [4.69, 9.17) is 9.47 Å². The van der Waals surface area contributed by atoms with Gasteiger partial charge in [0.1, 0.15) is 0 Å². The van der Waals surface area contributed by atoms with Crippen LogP contribution in [0.2, 0.25) is 4.63 Å². The van der Waals surface area contributed by atoms with Gasteiger partial charge in [-0.1, -0.05) is 0 Å². The Bertz CT molecular complexity index is 443. The third-order valence-electron chi connectivity index (χ3n) is 2.92. The van der Waals surface area contributed by atoms with Crippen molar-refractivity contribution in [3.8, 4) is 11.5 Å². The van der Waals surface area contributed by atoms with Gasteiger partial charge in [-0.3, -0.25) is 0 Å². The molecule has 0 unspecified atom stereocenters. The van der Waals surface area contributed by atoms with E-state index in [-0.39, 0.29) is 0 Å². The second-order valence-corrected chi connectivity index (χ2v) is 12.3. The second-order valence-electron chi connectivity index (χ2n) is 3.96. The van der Waals surface area contributed by atoms with Gasteiger partial charge in [-0.05, 0) is 0 Å². The normalized spacial score (nSPS) is 10.4. The molecule has 0 spiro atoms. The van der Waals surface area contributed by atoms with Gasteiger partial charge in [0, 0.05) is 0 Å². The van der Waals surface area contributed by atoms with Crippen molar-refractivity contribution in [1.29, 1.82) is 0 Å².